The van der Waals surface area contributed by atoms with Gasteiger partial charge in [-0.25, -0.2) is 9.59 Å². The second-order valence-electron chi connectivity index (χ2n) is 9.47. The molecule has 0 aromatic heterocycles. The minimum Gasteiger partial charge on any atom is -0.469 e. The van der Waals surface area contributed by atoms with E-state index in [2.05, 4.69) is 5.32 Å². The molecule has 0 aromatic carbocycles. The van der Waals surface area contributed by atoms with Crippen LogP contribution >= 0.6 is 0 Å². The van der Waals surface area contributed by atoms with Crippen LogP contribution in [0.25, 0.3) is 0 Å². The van der Waals surface area contributed by atoms with Crippen LogP contribution < -0.4 is 5.32 Å². The fraction of sp³-hybridized carbons (Fsp3) is 0.850. The summed E-state index contributed by atoms with van der Waals surface area (Å²) in [6, 6.07) is -0.683. The van der Waals surface area contributed by atoms with E-state index in [4.69, 9.17) is 14.2 Å². The number of alkyl carbamates (subject to hydrolysis) is 1. The Morgan fingerprint density at radius 2 is 1.55 bits per heavy atom. The highest BCUT2D eigenvalue weighted by atomic mass is 16.6. The highest BCUT2D eigenvalue weighted by Crippen LogP contribution is 2.38. The summed E-state index contributed by atoms with van der Waals surface area (Å²) in [7, 11) is 1.31. The molecule has 1 heterocycles. The Bertz CT molecular complexity index is 585. The third kappa shape index (κ3) is 8.08. The molecule has 1 rings (SSSR count). The largest absolute Gasteiger partial charge is 0.469 e. The molecule has 1 saturated heterocycles. The average molecular weight is 417 g/mol. The second-order valence-corrected chi connectivity index (χ2v) is 9.47. The summed E-state index contributed by atoms with van der Waals surface area (Å²) in [6.45, 7) is 10.9. The molecule has 0 radical (unpaired) electrons. The molecule has 1 aliphatic heterocycles. The van der Waals surface area contributed by atoms with Gasteiger partial charge in [0.2, 0.25) is 0 Å². The van der Waals surface area contributed by atoms with Crippen molar-refractivity contribution in [3.8, 4) is 0 Å². The number of rotatable bonds is 5. The number of methoxy groups -OCH3 is 1. The Labute approximate surface area is 173 Å². The van der Waals surface area contributed by atoms with Crippen LogP contribution in [0.3, 0.4) is 0 Å². The number of hydrogen-bond acceptors (Lipinski definition) is 7. The van der Waals surface area contributed by atoms with Gasteiger partial charge in [-0.15, -0.1) is 0 Å². The highest BCUT2D eigenvalue weighted by Gasteiger charge is 2.45. The van der Waals surface area contributed by atoms with Gasteiger partial charge in [0.1, 0.15) is 11.2 Å². The molecule has 1 unspecified atom stereocenters. The van der Waals surface area contributed by atoms with Crippen molar-refractivity contribution < 1.29 is 33.7 Å². The van der Waals surface area contributed by atoms with E-state index in [0.717, 1.165) is 0 Å². The molecule has 9 nitrogen and oxygen atoms in total. The van der Waals surface area contributed by atoms with Gasteiger partial charge in [0.05, 0.1) is 25.2 Å². The number of carbonyl (C=O) groups is 3. The summed E-state index contributed by atoms with van der Waals surface area (Å²) in [5.41, 5.74) is -2.20. The SMILES string of the molecule is COC(=O)C1(CC(CO)NC(=O)OC(C)(C)C)CCN(C(=O)OC(C)(C)C)CC1. The van der Waals surface area contributed by atoms with Crippen molar-refractivity contribution >= 4 is 18.2 Å². The number of hydrogen-bond donors (Lipinski definition) is 2. The molecule has 0 aliphatic carbocycles. The quantitative estimate of drug-likeness (QED) is 0.522. The van der Waals surface area contributed by atoms with Crippen LogP contribution in [0.5, 0.6) is 0 Å². The standard InChI is InChI=1S/C20H36N2O7/c1-18(2,3)28-16(25)21-14(13-23)12-20(15(24)27-7)8-10-22(11-9-20)17(26)29-19(4,5)6/h14,23H,8-13H2,1-7H3,(H,21,25). The van der Waals surface area contributed by atoms with Gasteiger partial charge >= 0.3 is 18.2 Å². The predicted octanol–water partition coefficient (Wildman–Crippen LogP) is 2.45. The third-order valence-corrected chi connectivity index (χ3v) is 4.57. The van der Waals surface area contributed by atoms with E-state index in [1.807, 2.05) is 0 Å². The lowest BCUT2D eigenvalue weighted by atomic mass is 9.73. The van der Waals surface area contributed by atoms with Gasteiger partial charge in [-0.3, -0.25) is 4.79 Å². The fourth-order valence-electron chi connectivity index (χ4n) is 3.26. The summed E-state index contributed by atoms with van der Waals surface area (Å²) in [5, 5.41) is 12.3. The lowest BCUT2D eigenvalue weighted by Crippen LogP contribution is -2.52. The summed E-state index contributed by atoms with van der Waals surface area (Å²) >= 11 is 0. The highest BCUT2D eigenvalue weighted by molar-refractivity contribution is 5.78. The van der Waals surface area contributed by atoms with Crippen LogP contribution in [0.1, 0.15) is 60.8 Å². The van der Waals surface area contributed by atoms with Crippen molar-refractivity contribution in [1.29, 1.82) is 0 Å². The molecule has 0 aromatic rings. The zero-order valence-electron chi connectivity index (χ0n) is 18.7. The van der Waals surface area contributed by atoms with Gasteiger partial charge in [-0.05, 0) is 60.8 Å². The Hall–Kier alpha value is -2.03. The summed E-state index contributed by atoms with van der Waals surface area (Å²) in [4.78, 5) is 38.5. The summed E-state index contributed by atoms with van der Waals surface area (Å²) in [5.74, 6) is -0.425. The smallest absolute Gasteiger partial charge is 0.410 e. The Morgan fingerprint density at radius 1 is 1.03 bits per heavy atom. The number of nitrogens with one attached hydrogen (secondary N) is 1. The van der Waals surface area contributed by atoms with Crippen LogP contribution in [-0.4, -0.2) is 72.2 Å². The molecule has 0 saturated carbocycles. The topological polar surface area (TPSA) is 114 Å². The number of piperidine rings is 1. The minimum atomic E-state index is -0.921. The maximum atomic E-state index is 12.6. The summed E-state index contributed by atoms with van der Waals surface area (Å²) < 4.78 is 15.6. The van der Waals surface area contributed by atoms with E-state index < -0.39 is 40.8 Å². The zero-order chi connectivity index (χ0) is 22.5. The maximum absolute atomic E-state index is 12.6. The van der Waals surface area contributed by atoms with E-state index in [1.165, 1.54) is 7.11 Å². The fourth-order valence-corrected chi connectivity index (χ4v) is 3.26. The first kappa shape index (κ1) is 25.0. The molecule has 0 bridgehead atoms. The molecule has 9 heteroatoms. The first-order valence-corrected chi connectivity index (χ1v) is 9.88. The first-order chi connectivity index (χ1) is 13.2. The predicted molar refractivity (Wildman–Crippen MR) is 106 cm³/mol. The van der Waals surface area contributed by atoms with E-state index in [-0.39, 0.29) is 13.0 Å². The van der Waals surface area contributed by atoms with Crippen LogP contribution in [0.2, 0.25) is 0 Å². The van der Waals surface area contributed by atoms with E-state index in [0.29, 0.717) is 25.9 Å². The minimum absolute atomic E-state index is 0.178. The van der Waals surface area contributed by atoms with E-state index >= 15 is 0 Å². The number of nitrogens with zero attached hydrogens (tertiary/aromatic N) is 1. The van der Waals surface area contributed by atoms with Gasteiger partial charge in [-0.1, -0.05) is 0 Å². The molecule has 1 fully saturated rings. The monoisotopic (exact) mass is 416 g/mol. The molecule has 29 heavy (non-hydrogen) atoms. The van der Waals surface area contributed by atoms with Gasteiger partial charge in [0.15, 0.2) is 0 Å². The van der Waals surface area contributed by atoms with Gasteiger partial charge < -0.3 is 29.5 Å². The number of aliphatic hydroxyl groups excluding tert-OH is 1. The molecule has 2 N–H and O–H groups in total. The Balaban J connectivity index is 2.83. The van der Waals surface area contributed by atoms with Crippen LogP contribution in [0.4, 0.5) is 9.59 Å². The van der Waals surface area contributed by atoms with Crippen molar-refractivity contribution in [3.05, 3.63) is 0 Å². The van der Waals surface area contributed by atoms with Crippen molar-refractivity contribution in [2.45, 2.75) is 78.0 Å². The van der Waals surface area contributed by atoms with Gasteiger partial charge in [0.25, 0.3) is 0 Å². The lowest BCUT2D eigenvalue weighted by molar-refractivity contribution is -0.157. The molecule has 1 atom stereocenters. The molecule has 1 aliphatic rings. The Kier molecular flexibility index (Phi) is 8.32. The third-order valence-electron chi connectivity index (χ3n) is 4.57. The zero-order valence-corrected chi connectivity index (χ0v) is 18.7. The molecule has 2 amide bonds. The Morgan fingerprint density at radius 3 is 1.97 bits per heavy atom. The average Bonchev–Trinajstić information content (AvgIpc) is 2.57. The maximum Gasteiger partial charge on any atom is 0.410 e. The van der Waals surface area contributed by atoms with Crippen molar-refractivity contribution in [3.63, 3.8) is 0 Å². The number of aliphatic hydroxyl groups is 1. The normalized spacial score (nSPS) is 17.9. The van der Waals surface area contributed by atoms with Crippen molar-refractivity contribution in [2.75, 3.05) is 26.8 Å². The van der Waals surface area contributed by atoms with Gasteiger partial charge in [-0.2, -0.15) is 0 Å². The number of likely N-dealkylation sites (tertiary alicyclic amines) is 1. The molecular formula is C20H36N2O7. The van der Waals surface area contributed by atoms with E-state index in [9.17, 15) is 19.5 Å². The van der Waals surface area contributed by atoms with Crippen molar-refractivity contribution in [1.82, 2.24) is 10.2 Å². The second kappa shape index (κ2) is 9.65. The first-order valence-electron chi connectivity index (χ1n) is 9.88. The number of ether oxygens (including phenoxy) is 3. The van der Waals surface area contributed by atoms with Crippen LogP contribution in [0.15, 0.2) is 0 Å². The summed E-state index contributed by atoms with van der Waals surface area (Å²) in [6.07, 6.45) is -0.238. The van der Waals surface area contributed by atoms with Crippen LogP contribution in [0, 0.1) is 5.41 Å². The number of esters is 1. The van der Waals surface area contributed by atoms with E-state index in [1.54, 1.807) is 46.4 Å². The number of amides is 2. The molecule has 168 valence electrons. The lowest BCUT2D eigenvalue weighted by Gasteiger charge is -2.41. The molecule has 0 spiro atoms. The van der Waals surface area contributed by atoms with Crippen molar-refractivity contribution in [2.24, 2.45) is 5.41 Å². The molecular weight excluding hydrogens is 380 g/mol. The van der Waals surface area contributed by atoms with Crippen LogP contribution in [-0.2, 0) is 19.0 Å². The van der Waals surface area contributed by atoms with Gasteiger partial charge in [0, 0.05) is 13.1 Å². The number of carbonyl (C=O) groups excluding carboxylic acids is 3.